The van der Waals surface area contributed by atoms with Gasteiger partial charge in [-0.25, -0.2) is 14.6 Å². The smallest absolute Gasteiger partial charge is 0.354 e. The Labute approximate surface area is 127 Å². The van der Waals surface area contributed by atoms with Crippen LogP contribution in [0.4, 0.5) is 0 Å². The summed E-state index contributed by atoms with van der Waals surface area (Å²) in [6.07, 6.45) is 1.48. The summed E-state index contributed by atoms with van der Waals surface area (Å²) in [4.78, 5) is 26.4. The van der Waals surface area contributed by atoms with Gasteiger partial charge < -0.3 is 14.6 Å². The molecule has 2 aromatic rings. The van der Waals surface area contributed by atoms with E-state index in [0.717, 1.165) is 5.39 Å². The second-order valence-electron chi connectivity index (χ2n) is 5.76. The van der Waals surface area contributed by atoms with Gasteiger partial charge in [0, 0.05) is 11.6 Å². The van der Waals surface area contributed by atoms with Gasteiger partial charge in [0.1, 0.15) is 17.0 Å². The molecule has 0 radical (unpaired) electrons. The van der Waals surface area contributed by atoms with Crippen LogP contribution in [0.5, 0.6) is 5.75 Å². The highest BCUT2D eigenvalue weighted by Crippen LogP contribution is 2.21. The molecular weight excluding hydrogens is 286 g/mol. The molecule has 1 heterocycles. The van der Waals surface area contributed by atoms with Gasteiger partial charge in [-0.05, 0) is 50.4 Å². The van der Waals surface area contributed by atoms with Gasteiger partial charge >= 0.3 is 11.9 Å². The van der Waals surface area contributed by atoms with Gasteiger partial charge in [-0.15, -0.1) is 0 Å². The normalized spacial score (nSPS) is 11.2. The Morgan fingerprint density at radius 2 is 1.91 bits per heavy atom. The number of esters is 1. The predicted octanol–water partition coefficient (Wildman–Crippen LogP) is 2.65. The lowest BCUT2D eigenvalue weighted by Gasteiger charge is -2.19. The lowest BCUT2D eigenvalue weighted by Crippen LogP contribution is -2.27. The number of carbonyl (C=O) groups excluding carboxylic acids is 1. The van der Waals surface area contributed by atoms with E-state index in [2.05, 4.69) is 4.98 Å². The van der Waals surface area contributed by atoms with Crippen LogP contribution in [0.15, 0.2) is 30.5 Å². The van der Waals surface area contributed by atoms with Crippen molar-refractivity contribution in [3.63, 3.8) is 0 Å². The standard InChI is InChI=1S/C16H17NO5/c1-16(2,3)22-14(18)9-21-12-5-4-10-8-17-13(15(19)20)7-11(10)6-12/h4-8H,9H2,1-3H3,(H,19,20). The fourth-order valence-corrected chi connectivity index (χ4v) is 1.84. The van der Waals surface area contributed by atoms with Crippen LogP contribution in [0.3, 0.4) is 0 Å². The number of fused-ring (bicyclic) bond motifs is 1. The molecule has 1 aromatic heterocycles. The second kappa shape index (κ2) is 6.01. The minimum absolute atomic E-state index is 0.0446. The van der Waals surface area contributed by atoms with Gasteiger partial charge in [-0.2, -0.15) is 0 Å². The zero-order chi connectivity index (χ0) is 16.3. The van der Waals surface area contributed by atoms with Crippen molar-refractivity contribution < 1.29 is 24.2 Å². The topological polar surface area (TPSA) is 85.7 Å². The average molecular weight is 303 g/mol. The second-order valence-corrected chi connectivity index (χ2v) is 5.76. The molecule has 0 saturated heterocycles. The Bertz CT molecular complexity index is 718. The van der Waals surface area contributed by atoms with Gasteiger partial charge in [0.2, 0.25) is 0 Å². The van der Waals surface area contributed by atoms with Crippen molar-refractivity contribution >= 4 is 22.7 Å². The Morgan fingerprint density at radius 3 is 2.55 bits per heavy atom. The van der Waals surface area contributed by atoms with E-state index in [1.807, 2.05) is 0 Å². The minimum atomic E-state index is -1.10. The van der Waals surface area contributed by atoms with E-state index < -0.39 is 17.5 Å². The van der Waals surface area contributed by atoms with Gasteiger partial charge in [-0.1, -0.05) is 0 Å². The largest absolute Gasteiger partial charge is 0.482 e. The number of hydrogen-bond donors (Lipinski definition) is 1. The molecule has 6 nitrogen and oxygen atoms in total. The van der Waals surface area contributed by atoms with Crippen molar-refractivity contribution in [2.75, 3.05) is 6.61 Å². The fourth-order valence-electron chi connectivity index (χ4n) is 1.84. The highest BCUT2D eigenvalue weighted by atomic mass is 16.6. The highest BCUT2D eigenvalue weighted by Gasteiger charge is 2.16. The Kier molecular flexibility index (Phi) is 4.30. The molecule has 2 rings (SSSR count). The zero-order valence-electron chi connectivity index (χ0n) is 12.6. The molecule has 0 aliphatic heterocycles. The first kappa shape index (κ1) is 15.8. The number of aromatic carboxylic acids is 1. The van der Waals surface area contributed by atoms with Crippen molar-refractivity contribution in [1.29, 1.82) is 0 Å². The van der Waals surface area contributed by atoms with E-state index in [9.17, 15) is 9.59 Å². The molecule has 0 aliphatic rings. The van der Waals surface area contributed by atoms with Crippen LogP contribution >= 0.6 is 0 Å². The van der Waals surface area contributed by atoms with Crippen molar-refractivity contribution in [1.82, 2.24) is 4.98 Å². The molecule has 0 atom stereocenters. The van der Waals surface area contributed by atoms with E-state index in [1.54, 1.807) is 39.0 Å². The number of benzene rings is 1. The molecule has 0 aliphatic carbocycles. The third-order valence-corrected chi connectivity index (χ3v) is 2.69. The fraction of sp³-hybridized carbons (Fsp3) is 0.312. The minimum Gasteiger partial charge on any atom is -0.482 e. The molecule has 0 unspecified atom stereocenters. The maximum absolute atomic E-state index is 11.6. The van der Waals surface area contributed by atoms with E-state index >= 15 is 0 Å². The van der Waals surface area contributed by atoms with Crippen LogP contribution in [0.25, 0.3) is 10.8 Å². The molecule has 0 saturated carbocycles. The predicted molar refractivity (Wildman–Crippen MR) is 80.0 cm³/mol. The first-order valence-corrected chi connectivity index (χ1v) is 6.72. The number of rotatable bonds is 4. The first-order valence-electron chi connectivity index (χ1n) is 6.72. The van der Waals surface area contributed by atoms with Gasteiger partial charge in [0.25, 0.3) is 0 Å². The Balaban J connectivity index is 2.12. The van der Waals surface area contributed by atoms with Crippen molar-refractivity contribution in [3.8, 4) is 5.75 Å². The summed E-state index contributed by atoms with van der Waals surface area (Å²) in [5, 5.41) is 10.4. The van der Waals surface area contributed by atoms with E-state index in [0.29, 0.717) is 11.1 Å². The number of carboxylic acids is 1. The van der Waals surface area contributed by atoms with Crippen LogP contribution in [0.2, 0.25) is 0 Å². The number of nitrogens with zero attached hydrogens (tertiary/aromatic N) is 1. The van der Waals surface area contributed by atoms with E-state index in [1.165, 1.54) is 12.3 Å². The molecule has 0 fully saturated rings. The summed E-state index contributed by atoms with van der Waals surface area (Å²) < 4.78 is 10.5. The third-order valence-electron chi connectivity index (χ3n) is 2.69. The lowest BCUT2D eigenvalue weighted by molar-refractivity contribution is -0.157. The van der Waals surface area contributed by atoms with Crippen LogP contribution in [-0.2, 0) is 9.53 Å². The van der Waals surface area contributed by atoms with Crippen molar-refractivity contribution in [2.45, 2.75) is 26.4 Å². The maximum atomic E-state index is 11.6. The summed E-state index contributed by atoms with van der Waals surface area (Å²) in [5.41, 5.74) is -0.608. The van der Waals surface area contributed by atoms with Crippen LogP contribution < -0.4 is 4.74 Å². The Hall–Kier alpha value is -2.63. The lowest BCUT2D eigenvalue weighted by atomic mass is 10.1. The zero-order valence-corrected chi connectivity index (χ0v) is 12.6. The molecular formula is C16H17NO5. The maximum Gasteiger partial charge on any atom is 0.354 e. The van der Waals surface area contributed by atoms with Gasteiger partial charge in [-0.3, -0.25) is 0 Å². The number of aromatic nitrogens is 1. The van der Waals surface area contributed by atoms with E-state index in [4.69, 9.17) is 14.6 Å². The molecule has 0 amide bonds. The number of carboxylic acid groups (broad SMARTS) is 1. The van der Waals surface area contributed by atoms with Gasteiger partial charge in [0.15, 0.2) is 6.61 Å². The summed E-state index contributed by atoms with van der Waals surface area (Å²) in [5.74, 6) is -1.10. The van der Waals surface area contributed by atoms with Crippen LogP contribution in [-0.4, -0.2) is 34.2 Å². The highest BCUT2D eigenvalue weighted by molar-refractivity contribution is 5.92. The van der Waals surface area contributed by atoms with Crippen molar-refractivity contribution in [3.05, 3.63) is 36.2 Å². The quantitative estimate of drug-likeness (QED) is 0.874. The van der Waals surface area contributed by atoms with E-state index in [-0.39, 0.29) is 12.3 Å². The van der Waals surface area contributed by atoms with Crippen LogP contribution in [0, 0.1) is 0 Å². The molecule has 0 spiro atoms. The molecule has 116 valence electrons. The number of carbonyl (C=O) groups is 2. The number of ether oxygens (including phenoxy) is 2. The molecule has 6 heteroatoms. The summed E-state index contributed by atoms with van der Waals surface area (Å²) in [6, 6.07) is 6.55. The molecule has 0 bridgehead atoms. The van der Waals surface area contributed by atoms with Crippen molar-refractivity contribution in [2.24, 2.45) is 0 Å². The van der Waals surface area contributed by atoms with Gasteiger partial charge in [0.05, 0.1) is 0 Å². The molecule has 1 N–H and O–H groups in total. The molecule has 22 heavy (non-hydrogen) atoms. The monoisotopic (exact) mass is 303 g/mol. The third kappa shape index (κ3) is 4.18. The summed E-state index contributed by atoms with van der Waals surface area (Å²) in [7, 11) is 0. The SMILES string of the molecule is CC(C)(C)OC(=O)COc1ccc2cnc(C(=O)O)cc2c1. The number of hydrogen-bond acceptors (Lipinski definition) is 5. The first-order chi connectivity index (χ1) is 10.2. The summed E-state index contributed by atoms with van der Waals surface area (Å²) in [6.45, 7) is 5.13. The average Bonchev–Trinajstić information content (AvgIpc) is 2.42. The van der Waals surface area contributed by atoms with Crippen LogP contribution in [0.1, 0.15) is 31.3 Å². The summed E-state index contributed by atoms with van der Waals surface area (Å²) >= 11 is 0. The molecule has 1 aromatic carbocycles. The Morgan fingerprint density at radius 1 is 1.18 bits per heavy atom. The number of pyridine rings is 1.